The molecule has 136 valence electrons. The number of phenolic OH excluding ortho intramolecular Hbond substituents is 1. The third-order valence-corrected chi connectivity index (χ3v) is 4.23. The zero-order valence-electron chi connectivity index (χ0n) is 14.5. The molecule has 0 amide bonds. The minimum Gasteiger partial charge on any atom is -0.507 e. The van der Waals surface area contributed by atoms with Crippen molar-refractivity contribution in [2.45, 2.75) is 0 Å². The minimum atomic E-state index is -0.388. The topological polar surface area (TPSA) is 89.4 Å². The van der Waals surface area contributed by atoms with Crippen molar-refractivity contribution in [3.05, 3.63) is 71.1 Å². The number of methoxy groups -OCH3 is 1. The van der Waals surface area contributed by atoms with Crippen LogP contribution in [-0.4, -0.2) is 33.8 Å². The number of hydrogen-bond acceptors (Lipinski definition) is 5. The van der Waals surface area contributed by atoms with Crippen molar-refractivity contribution in [3.63, 3.8) is 0 Å². The number of ether oxygens (including phenoxy) is 2. The highest BCUT2D eigenvalue weighted by Crippen LogP contribution is 2.33. The molecule has 0 unspecified atom stereocenters. The first-order chi connectivity index (χ1) is 13.2. The van der Waals surface area contributed by atoms with Gasteiger partial charge in [0.1, 0.15) is 11.5 Å². The second-order valence-corrected chi connectivity index (χ2v) is 5.92. The van der Waals surface area contributed by atoms with E-state index < -0.39 is 0 Å². The predicted molar refractivity (Wildman–Crippen MR) is 101 cm³/mol. The first-order valence-corrected chi connectivity index (χ1v) is 8.29. The fourth-order valence-electron chi connectivity index (χ4n) is 3.02. The molecule has 7 nitrogen and oxygen atoms in total. The van der Waals surface area contributed by atoms with Crippen molar-refractivity contribution < 1.29 is 14.6 Å². The van der Waals surface area contributed by atoms with Gasteiger partial charge in [-0.25, -0.2) is 14.5 Å². The van der Waals surface area contributed by atoms with Gasteiger partial charge in [0, 0.05) is 18.6 Å². The van der Waals surface area contributed by atoms with E-state index in [0.717, 1.165) is 10.8 Å². The lowest BCUT2D eigenvalue weighted by Crippen LogP contribution is -2.16. The first-order valence-electron chi connectivity index (χ1n) is 8.29. The molecule has 1 aromatic heterocycles. The number of aromatic nitrogens is 3. The van der Waals surface area contributed by atoms with E-state index in [4.69, 9.17) is 9.47 Å². The fraction of sp³-hybridized carbons (Fsp3) is 0.100. The second-order valence-electron chi connectivity index (χ2n) is 5.92. The van der Waals surface area contributed by atoms with Crippen molar-refractivity contribution in [2.75, 3.05) is 13.9 Å². The average Bonchev–Trinajstić information content (AvgIpc) is 3.07. The van der Waals surface area contributed by atoms with Gasteiger partial charge in [0.15, 0.2) is 12.6 Å². The Morgan fingerprint density at radius 3 is 2.74 bits per heavy atom. The normalized spacial score (nSPS) is 11.0. The lowest BCUT2D eigenvalue weighted by atomic mass is 10.1. The highest BCUT2D eigenvalue weighted by Gasteiger charge is 2.17. The van der Waals surface area contributed by atoms with Gasteiger partial charge < -0.3 is 14.6 Å². The summed E-state index contributed by atoms with van der Waals surface area (Å²) in [6.07, 6.45) is 0. The number of hydrogen-bond donors (Lipinski definition) is 2. The van der Waals surface area contributed by atoms with Crippen LogP contribution in [0, 0.1) is 0 Å². The van der Waals surface area contributed by atoms with Crippen LogP contribution in [-0.2, 0) is 4.74 Å². The Bertz CT molecular complexity index is 1160. The van der Waals surface area contributed by atoms with E-state index in [0.29, 0.717) is 22.8 Å². The van der Waals surface area contributed by atoms with Gasteiger partial charge in [-0.1, -0.05) is 36.4 Å². The monoisotopic (exact) mass is 363 g/mol. The van der Waals surface area contributed by atoms with Crippen molar-refractivity contribution in [2.24, 2.45) is 0 Å². The Balaban J connectivity index is 1.87. The number of H-pyrrole nitrogens is 1. The number of fused-ring (bicyclic) bond motifs is 1. The van der Waals surface area contributed by atoms with Gasteiger partial charge in [-0.05, 0) is 23.6 Å². The summed E-state index contributed by atoms with van der Waals surface area (Å²) in [5, 5.41) is 18.9. The minimum absolute atomic E-state index is 0.0518. The maximum Gasteiger partial charge on any atom is 0.348 e. The zero-order valence-corrected chi connectivity index (χ0v) is 14.5. The molecule has 0 radical (unpaired) electrons. The summed E-state index contributed by atoms with van der Waals surface area (Å²) in [6, 6.07) is 18.3. The Morgan fingerprint density at radius 2 is 1.93 bits per heavy atom. The van der Waals surface area contributed by atoms with Crippen molar-refractivity contribution >= 4 is 10.8 Å². The van der Waals surface area contributed by atoms with E-state index in [1.807, 2.05) is 42.5 Å². The zero-order chi connectivity index (χ0) is 18.8. The molecule has 0 aliphatic rings. The van der Waals surface area contributed by atoms with Crippen LogP contribution in [0.4, 0.5) is 0 Å². The van der Waals surface area contributed by atoms with Gasteiger partial charge in [-0.2, -0.15) is 5.10 Å². The van der Waals surface area contributed by atoms with Crippen LogP contribution in [0.5, 0.6) is 11.5 Å². The molecule has 0 aliphatic heterocycles. The molecule has 2 N–H and O–H groups in total. The molecule has 0 bridgehead atoms. The largest absolute Gasteiger partial charge is 0.507 e. The number of rotatable bonds is 5. The standard InChI is InChI=1S/C20H17N3O4/c1-26-12-27-14-9-10-16(18(24)11-14)19-21-22-20(25)23(19)17-8-4-6-13-5-2-3-7-15(13)17/h2-11,24H,12H2,1H3,(H,22,25). The number of phenols is 1. The van der Waals surface area contributed by atoms with Crippen molar-refractivity contribution in [1.29, 1.82) is 0 Å². The Hall–Kier alpha value is -3.58. The van der Waals surface area contributed by atoms with Crippen LogP contribution in [0.1, 0.15) is 0 Å². The van der Waals surface area contributed by atoms with Crippen LogP contribution >= 0.6 is 0 Å². The number of aromatic hydroxyl groups is 1. The van der Waals surface area contributed by atoms with Gasteiger partial charge in [0.25, 0.3) is 0 Å². The summed E-state index contributed by atoms with van der Waals surface area (Å²) in [6.45, 7) is 0.0713. The first kappa shape index (κ1) is 16.9. The summed E-state index contributed by atoms with van der Waals surface area (Å²) >= 11 is 0. The second kappa shape index (κ2) is 6.97. The Kier molecular flexibility index (Phi) is 4.35. The van der Waals surface area contributed by atoms with Crippen LogP contribution < -0.4 is 10.4 Å². The number of nitrogens with one attached hydrogen (secondary N) is 1. The van der Waals surface area contributed by atoms with E-state index in [9.17, 15) is 9.90 Å². The molecule has 3 aromatic carbocycles. The predicted octanol–water partition coefficient (Wildman–Crippen LogP) is 3.07. The summed E-state index contributed by atoms with van der Waals surface area (Å²) < 4.78 is 11.6. The highest BCUT2D eigenvalue weighted by molar-refractivity contribution is 5.90. The van der Waals surface area contributed by atoms with Crippen LogP contribution in [0.25, 0.3) is 27.8 Å². The van der Waals surface area contributed by atoms with Crippen molar-refractivity contribution in [3.8, 4) is 28.6 Å². The fourth-order valence-corrected chi connectivity index (χ4v) is 3.02. The van der Waals surface area contributed by atoms with E-state index in [-0.39, 0.29) is 18.2 Å². The third-order valence-electron chi connectivity index (χ3n) is 4.23. The Labute approximate surface area is 154 Å². The molecule has 4 rings (SSSR count). The Morgan fingerprint density at radius 1 is 1.11 bits per heavy atom. The van der Waals surface area contributed by atoms with E-state index in [1.165, 1.54) is 17.7 Å². The van der Waals surface area contributed by atoms with Gasteiger partial charge in [-0.15, -0.1) is 0 Å². The smallest absolute Gasteiger partial charge is 0.348 e. The molecule has 0 fully saturated rings. The molecule has 0 atom stereocenters. The SMILES string of the molecule is COCOc1ccc(-c2n[nH]c(=O)n2-c2cccc3ccccc23)c(O)c1. The number of aromatic amines is 1. The van der Waals surface area contributed by atoms with E-state index in [1.54, 1.807) is 12.1 Å². The number of benzene rings is 3. The van der Waals surface area contributed by atoms with Crippen LogP contribution in [0.2, 0.25) is 0 Å². The summed E-state index contributed by atoms with van der Waals surface area (Å²) in [5.74, 6) is 0.712. The third kappa shape index (κ3) is 3.04. The lowest BCUT2D eigenvalue weighted by molar-refractivity contribution is 0.0510. The van der Waals surface area contributed by atoms with Gasteiger partial charge >= 0.3 is 5.69 Å². The molecular weight excluding hydrogens is 346 g/mol. The van der Waals surface area contributed by atoms with Gasteiger partial charge in [0.05, 0.1) is 11.3 Å². The summed E-state index contributed by atoms with van der Waals surface area (Å²) in [4.78, 5) is 12.5. The van der Waals surface area contributed by atoms with Gasteiger partial charge in [-0.3, -0.25) is 0 Å². The van der Waals surface area contributed by atoms with Crippen molar-refractivity contribution in [1.82, 2.24) is 14.8 Å². The molecule has 0 aliphatic carbocycles. The molecular formula is C20H17N3O4. The molecule has 0 spiro atoms. The maximum atomic E-state index is 12.5. The van der Waals surface area contributed by atoms with Gasteiger partial charge in [0.2, 0.25) is 0 Å². The molecule has 4 aromatic rings. The van der Waals surface area contributed by atoms with Crippen LogP contribution in [0.3, 0.4) is 0 Å². The molecule has 27 heavy (non-hydrogen) atoms. The van der Waals surface area contributed by atoms with E-state index >= 15 is 0 Å². The summed E-state index contributed by atoms with van der Waals surface area (Å²) in [7, 11) is 1.51. The molecule has 0 saturated carbocycles. The molecule has 7 heteroatoms. The maximum absolute atomic E-state index is 12.5. The average molecular weight is 363 g/mol. The van der Waals surface area contributed by atoms with E-state index in [2.05, 4.69) is 10.2 Å². The molecule has 0 saturated heterocycles. The van der Waals surface area contributed by atoms with Crippen LogP contribution in [0.15, 0.2) is 65.5 Å². The summed E-state index contributed by atoms with van der Waals surface area (Å²) in [5.41, 5.74) is 0.701. The molecule has 1 heterocycles. The highest BCUT2D eigenvalue weighted by atomic mass is 16.7. The quantitative estimate of drug-likeness (QED) is 0.532. The lowest BCUT2D eigenvalue weighted by Gasteiger charge is -2.11. The number of nitrogens with zero attached hydrogens (tertiary/aromatic N) is 2.